The maximum atomic E-state index is 9.07. The second kappa shape index (κ2) is 7.43. The van der Waals surface area contributed by atoms with E-state index in [-0.39, 0.29) is 6.61 Å². The van der Waals surface area contributed by atoms with E-state index < -0.39 is 0 Å². The summed E-state index contributed by atoms with van der Waals surface area (Å²) in [6, 6.07) is 13.5. The Kier molecular flexibility index (Phi) is 5.59. The van der Waals surface area contributed by atoms with Gasteiger partial charge in [-0.15, -0.1) is 0 Å². The molecule has 3 nitrogen and oxygen atoms in total. The normalized spacial score (nSPS) is 10.6. The van der Waals surface area contributed by atoms with Gasteiger partial charge in [0.2, 0.25) is 0 Å². The molecule has 0 atom stereocenters. The van der Waals surface area contributed by atoms with Gasteiger partial charge in [-0.25, -0.2) is 0 Å². The Morgan fingerprint density at radius 3 is 2.35 bits per heavy atom. The highest BCUT2D eigenvalue weighted by Gasteiger charge is 2.04. The summed E-state index contributed by atoms with van der Waals surface area (Å²) in [6.45, 7) is 0.738. The number of aliphatic hydroxyl groups is 1. The molecule has 4 heteroatoms. The van der Waals surface area contributed by atoms with Crippen molar-refractivity contribution in [1.82, 2.24) is 0 Å². The number of hydrogen-bond donors (Lipinski definition) is 1. The minimum Gasteiger partial charge on any atom is -0.456 e. The first-order valence-corrected chi connectivity index (χ1v) is 7.17. The van der Waals surface area contributed by atoms with Gasteiger partial charge in [-0.1, -0.05) is 18.2 Å². The molecule has 0 amide bonds. The van der Waals surface area contributed by atoms with Gasteiger partial charge in [-0.05, 0) is 57.7 Å². The summed E-state index contributed by atoms with van der Waals surface area (Å²) in [7, 11) is 1.70. The molecule has 0 aromatic heterocycles. The van der Waals surface area contributed by atoms with Gasteiger partial charge in [0, 0.05) is 7.11 Å². The van der Waals surface area contributed by atoms with Crippen molar-refractivity contribution in [2.24, 2.45) is 0 Å². The first kappa shape index (κ1) is 15.0. The Labute approximate surface area is 127 Å². The minimum atomic E-state index is 0.0209. The Bertz CT molecular complexity index is 552. The highest BCUT2D eigenvalue weighted by atomic mass is 79.9. The Morgan fingerprint density at radius 2 is 1.75 bits per heavy atom. The molecule has 2 rings (SSSR count). The van der Waals surface area contributed by atoms with Crippen molar-refractivity contribution in [3.8, 4) is 11.5 Å². The molecule has 106 valence electrons. The summed E-state index contributed by atoms with van der Waals surface area (Å²) in [4.78, 5) is 0. The molecule has 0 saturated heterocycles. The molecular formula is C16H17BrO3. The highest BCUT2D eigenvalue weighted by molar-refractivity contribution is 9.10. The molecular weight excluding hydrogens is 320 g/mol. The van der Waals surface area contributed by atoms with Gasteiger partial charge < -0.3 is 14.6 Å². The second-order valence-corrected chi connectivity index (χ2v) is 5.27. The zero-order chi connectivity index (χ0) is 14.4. The van der Waals surface area contributed by atoms with E-state index in [4.69, 9.17) is 14.6 Å². The summed E-state index contributed by atoms with van der Waals surface area (Å²) in [5.74, 6) is 1.51. The molecule has 1 N–H and O–H groups in total. The lowest BCUT2D eigenvalue weighted by Gasteiger charge is -2.09. The van der Waals surface area contributed by atoms with Gasteiger partial charge in [0.05, 0.1) is 17.7 Å². The quantitative estimate of drug-likeness (QED) is 0.868. The van der Waals surface area contributed by atoms with E-state index in [0.717, 1.165) is 28.0 Å². The van der Waals surface area contributed by atoms with Crippen molar-refractivity contribution >= 4 is 15.9 Å². The van der Waals surface area contributed by atoms with Crippen molar-refractivity contribution in [2.45, 2.75) is 13.0 Å². The molecule has 0 aliphatic heterocycles. The van der Waals surface area contributed by atoms with Gasteiger partial charge in [0.25, 0.3) is 0 Å². The zero-order valence-electron chi connectivity index (χ0n) is 11.3. The molecule has 0 fully saturated rings. The van der Waals surface area contributed by atoms with Crippen molar-refractivity contribution in [3.05, 3.63) is 58.1 Å². The Balaban J connectivity index is 2.06. The fraction of sp³-hybridized carbons (Fsp3) is 0.250. The molecule has 0 aliphatic rings. The zero-order valence-corrected chi connectivity index (χ0v) is 12.9. The Hall–Kier alpha value is -1.36. The number of hydrogen-bond acceptors (Lipinski definition) is 3. The molecule has 2 aromatic rings. The van der Waals surface area contributed by atoms with Gasteiger partial charge in [0.1, 0.15) is 11.5 Å². The molecule has 20 heavy (non-hydrogen) atoms. The first-order chi connectivity index (χ1) is 9.72. The number of halogens is 1. The number of methoxy groups -OCH3 is 1. The molecule has 2 aromatic carbocycles. The maximum Gasteiger partial charge on any atom is 0.141 e. The summed E-state index contributed by atoms with van der Waals surface area (Å²) in [5.41, 5.74) is 2.06. The SMILES string of the molecule is COCCc1ccc(Oc2ccc(CO)cc2Br)cc1. The predicted molar refractivity (Wildman–Crippen MR) is 82.2 cm³/mol. The van der Waals surface area contributed by atoms with Gasteiger partial charge in [-0.2, -0.15) is 0 Å². The van der Waals surface area contributed by atoms with Crippen LogP contribution in [0.4, 0.5) is 0 Å². The molecule has 0 bridgehead atoms. The second-order valence-electron chi connectivity index (χ2n) is 4.41. The van der Waals surface area contributed by atoms with E-state index in [1.54, 1.807) is 7.11 Å². The predicted octanol–water partition coefficient (Wildman–Crippen LogP) is 3.92. The van der Waals surface area contributed by atoms with Crippen molar-refractivity contribution in [3.63, 3.8) is 0 Å². The molecule has 0 saturated carbocycles. The lowest BCUT2D eigenvalue weighted by Crippen LogP contribution is -1.94. The summed E-state index contributed by atoms with van der Waals surface area (Å²) in [6.07, 6.45) is 0.895. The van der Waals surface area contributed by atoms with Crippen LogP contribution in [-0.4, -0.2) is 18.8 Å². The third-order valence-corrected chi connectivity index (χ3v) is 3.54. The van der Waals surface area contributed by atoms with E-state index >= 15 is 0 Å². The molecule has 0 spiro atoms. The summed E-state index contributed by atoms with van der Waals surface area (Å²) < 4.78 is 11.7. The molecule has 0 aliphatic carbocycles. The summed E-state index contributed by atoms with van der Waals surface area (Å²) in [5, 5.41) is 9.07. The number of benzene rings is 2. The standard InChI is InChI=1S/C16H17BrO3/c1-19-9-8-12-2-5-14(6-3-12)20-16-7-4-13(11-18)10-15(16)17/h2-7,10,18H,8-9,11H2,1H3. The fourth-order valence-electron chi connectivity index (χ4n) is 1.80. The van der Waals surface area contributed by atoms with Crippen LogP contribution in [0.1, 0.15) is 11.1 Å². The first-order valence-electron chi connectivity index (χ1n) is 6.38. The molecule has 0 radical (unpaired) electrons. The van der Waals surface area contributed by atoms with Crippen LogP contribution in [0.5, 0.6) is 11.5 Å². The van der Waals surface area contributed by atoms with Crippen LogP contribution in [0.15, 0.2) is 46.9 Å². The average Bonchev–Trinajstić information content (AvgIpc) is 2.48. The third kappa shape index (κ3) is 4.07. The molecule has 0 heterocycles. The van der Waals surface area contributed by atoms with Gasteiger partial charge in [0.15, 0.2) is 0 Å². The van der Waals surface area contributed by atoms with Crippen LogP contribution < -0.4 is 4.74 Å². The fourth-order valence-corrected chi connectivity index (χ4v) is 2.30. The van der Waals surface area contributed by atoms with Crippen LogP contribution in [0.2, 0.25) is 0 Å². The molecule has 0 unspecified atom stereocenters. The lowest BCUT2D eigenvalue weighted by molar-refractivity contribution is 0.202. The van der Waals surface area contributed by atoms with Crippen molar-refractivity contribution in [2.75, 3.05) is 13.7 Å². The summed E-state index contributed by atoms with van der Waals surface area (Å²) >= 11 is 3.44. The smallest absolute Gasteiger partial charge is 0.141 e. The van der Waals surface area contributed by atoms with Crippen LogP contribution in [0.3, 0.4) is 0 Å². The topological polar surface area (TPSA) is 38.7 Å². The lowest BCUT2D eigenvalue weighted by atomic mass is 10.1. The largest absolute Gasteiger partial charge is 0.456 e. The van der Waals surface area contributed by atoms with E-state index in [9.17, 15) is 0 Å². The van der Waals surface area contributed by atoms with E-state index in [2.05, 4.69) is 15.9 Å². The average molecular weight is 337 g/mol. The van der Waals surface area contributed by atoms with Crippen molar-refractivity contribution < 1.29 is 14.6 Å². The highest BCUT2D eigenvalue weighted by Crippen LogP contribution is 2.30. The van der Waals surface area contributed by atoms with Crippen LogP contribution in [0.25, 0.3) is 0 Å². The van der Waals surface area contributed by atoms with Gasteiger partial charge >= 0.3 is 0 Å². The minimum absolute atomic E-state index is 0.0209. The van der Waals surface area contributed by atoms with Crippen LogP contribution in [0, 0.1) is 0 Å². The maximum absolute atomic E-state index is 9.07. The number of ether oxygens (including phenoxy) is 2. The van der Waals surface area contributed by atoms with Crippen LogP contribution >= 0.6 is 15.9 Å². The van der Waals surface area contributed by atoms with Crippen LogP contribution in [-0.2, 0) is 17.8 Å². The van der Waals surface area contributed by atoms with E-state index in [1.807, 2.05) is 42.5 Å². The Morgan fingerprint density at radius 1 is 1.05 bits per heavy atom. The third-order valence-electron chi connectivity index (χ3n) is 2.92. The number of rotatable bonds is 6. The van der Waals surface area contributed by atoms with Crippen molar-refractivity contribution in [1.29, 1.82) is 0 Å². The monoisotopic (exact) mass is 336 g/mol. The van der Waals surface area contributed by atoms with E-state index in [0.29, 0.717) is 6.61 Å². The number of aliphatic hydroxyl groups excluding tert-OH is 1. The van der Waals surface area contributed by atoms with E-state index in [1.165, 1.54) is 5.56 Å². The van der Waals surface area contributed by atoms with Gasteiger partial charge in [-0.3, -0.25) is 0 Å².